The quantitative estimate of drug-likeness (QED) is 0.798. The minimum Gasteiger partial charge on any atom is -0.352 e. The fourth-order valence-electron chi connectivity index (χ4n) is 2.52. The van der Waals surface area contributed by atoms with Gasteiger partial charge in [-0.15, -0.1) is 0 Å². The van der Waals surface area contributed by atoms with E-state index in [-0.39, 0.29) is 11.8 Å². The zero-order chi connectivity index (χ0) is 15.3. The summed E-state index contributed by atoms with van der Waals surface area (Å²) in [7, 11) is 1.92. The smallest absolute Gasteiger partial charge is 0.220 e. The monoisotopic (exact) mass is 280 g/mol. The van der Waals surface area contributed by atoms with E-state index in [1.165, 1.54) is 0 Å². The SMILES string of the molecule is Cc1nn(C)c(C)c1CNC(=O)C[C@@H](CN)CC(C)C. The minimum absolute atomic E-state index is 0.0729. The van der Waals surface area contributed by atoms with Crippen molar-refractivity contribution in [3.63, 3.8) is 0 Å². The minimum atomic E-state index is 0.0729. The van der Waals surface area contributed by atoms with Crippen molar-refractivity contribution in [3.05, 3.63) is 17.0 Å². The Hall–Kier alpha value is -1.36. The Morgan fingerprint density at radius 1 is 1.40 bits per heavy atom. The van der Waals surface area contributed by atoms with Crippen molar-refractivity contribution in [2.45, 2.75) is 47.1 Å². The molecule has 5 heteroatoms. The van der Waals surface area contributed by atoms with Crippen LogP contribution in [-0.2, 0) is 18.4 Å². The summed E-state index contributed by atoms with van der Waals surface area (Å²) in [5.41, 5.74) is 8.91. The number of nitrogens with one attached hydrogen (secondary N) is 1. The third kappa shape index (κ3) is 4.63. The van der Waals surface area contributed by atoms with Gasteiger partial charge < -0.3 is 11.1 Å². The normalized spacial score (nSPS) is 12.8. The summed E-state index contributed by atoms with van der Waals surface area (Å²) in [6.07, 6.45) is 1.50. The number of carbonyl (C=O) groups is 1. The number of nitrogens with zero attached hydrogens (tertiary/aromatic N) is 2. The van der Waals surface area contributed by atoms with Crippen LogP contribution >= 0.6 is 0 Å². The van der Waals surface area contributed by atoms with Crippen LogP contribution < -0.4 is 11.1 Å². The Morgan fingerprint density at radius 3 is 2.50 bits per heavy atom. The molecule has 114 valence electrons. The molecule has 1 atom stereocenters. The van der Waals surface area contributed by atoms with Crippen LogP contribution in [0.15, 0.2) is 0 Å². The van der Waals surface area contributed by atoms with Gasteiger partial charge in [0.1, 0.15) is 0 Å². The number of rotatable bonds is 7. The van der Waals surface area contributed by atoms with Crippen molar-refractivity contribution >= 4 is 5.91 Å². The molecule has 3 N–H and O–H groups in total. The molecule has 0 aliphatic heterocycles. The number of aryl methyl sites for hydroxylation is 2. The van der Waals surface area contributed by atoms with Gasteiger partial charge in [0, 0.05) is 31.3 Å². The molecule has 1 aromatic heterocycles. The summed E-state index contributed by atoms with van der Waals surface area (Å²) in [6.45, 7) is 9.41. The van der Waals surface area contributed by atoms with Crippen molar-refractivity contribution < 1.29 is 4.79 Å². The number of carbonyl (C=O) groups excluding carboxylic acids is 1. The molecule has 0 unspecified atom stereocenters. The Morgan fingerprint density at radius 2 is 2.05 bits per heavy atom. The van der Waals surface area contributed by atoms with Gasteiger partial charge in [-0.1, -0.05) is 13.8 Å². The number of hydrogen-bond acceptors (Lipinski definition) is 3. The summed E-state index contributed by atoms with van der Waals surface area (Å²) in [5, 5.41) is 7.33. The lowest BCUT2D eigenvalue weighted by Crippen LogP contribution is -2.28. The highest BCUT2D eigenvalue weighted by molar-refractivity contribution is 5.76. The average Bonchev–Trinajstić information content (AvgIpc) is 2.60. The Kier molecular flexibility index (Phi) is 6.20. The van der Waals surface area contributed by atoms with E-state index in [9.17, 15) is 4.79 Å². The maximum Gasteiger partial charge on any atom is 0.220 e. The van der Waals surface area contributed by atoms with Crippen molar-refractivity contribution in [2.75, 3.05) is 6.54 Å². The van der Waals surface area contributed by atoms with E-state index in [1.807, 2.05) is 25.6 Å². The van der Waals surface area contributed by atoms with Gasteiger partial charge >= 0.3 is 0 Å². The summed E-state index contributed by atoms with van der Waals surface area (Å²) in [4.78, 5) is 12.0. The molecule has 20 heavy (non-hydrogen) atoms. The van der Waals surface area contributed by atoms with Gasteiger partial charge in [-0.25, -0.2) is 0 Å². The lowest BCUT2D eigenvalue weighted by Gasteiger charge is -2.16. The van der Waals surface area contributed by atoms with E-state index in [0.29, 0.717) is 25.4 Å². The number of hydrogen-bond donors (Lipinski definition) is 2. The van der Waals surface area contributed by atoms with Crippen LogP contribution in [0.2, 0.25) is 0 Å². The van der Waals surface area contributed by atoms with Crippen LogP contribution in [0.25, 0.3) is 0 Å². The van der Waals surface area contributed by atoms with Crippen LogP contribution in [0.3, 0.4) is 0 Å². The highest BCUT2D eigenvalue weighted by Crippen LogP contribution is 2.15. The van der Waals surface area contributed by atoms with E-state index >= 15 is 0 Å². The lowest BCUT2D eigenvalue weighted by atomic mass is 9.94. The molecule has 1 aromatic rings. The molecule has 0 aliphatic rings. The predicted octanol–water partition coefficient (Wildman–Crippen LogP) is 1.66. The lowest BCUT2D eigenvalue weighted by molar-refractivity contribution is -0.122. The van der Waals surface area contributed by atoms with Gasteiger partial charge in [0.2, 0.25) is 5.91 Å². The Bertz CT molecular complexity index is 451. The molecule has 0 saturated heterocycles. The molecule has 1 amide bonds. The third-order valence-electron chi connectivity index (χ3n) is 3.73. The van der Waals surface area contributed by atoms with E-state index in [0.717, 1.165) is 23.4 Å². The second-order valence-corrected chi connectivity index (χ2v) is 5.99. The fraction of sp³-hybridized carbons (Fsp3) is 0.733. The predicted molar refractivity (Wildman–Crippen MR) is 81.1 cm³/mol. The van der Waals surface area contributed by atoms with E-state index in [1.54, 1.807) is 0 Å². The molecule has 0 radical (unpaired) electrons. The molecular formula is C15H28N4O. The zero-order valence-electron chi connectivity index (χ0n) is 13.4. The maximum atomic E-state index is 12.0. The van der Waals surface area contributed by atoms with E-state index in [4.69, 9.17) is 5.73 Å². The number of amides is 1. The summed E-state index contributed by atoms with van der Waals surface area (Å²) < 4.78 is 1.85. The Balaban J connectivity index is 2.50. The van der Waals surface area contributed by atoms with Crippen LogP contribution in [0.4, 0.5) is 0 Å². The molecule has 1 rings (SSSR count). The first kappa shape index (κ1) is 16.7. The molecule has 0 aliphatic carbocycles. The first-order valence-electron chi connectivity index (χ1n) is 7.31. The van der Waals surface area contributed by atoms with Gasteiger partial charge in [0.05, 0.1) is 5.69 Å². The first-order chi connectivity index (χ1) is 9.35. The summed E-state index contributed by atoms with van der Waals surface area (Å²) >= 11 is 0. The largest absolute Gasteiger partial charge is 0.352 e. The molecule has 5 nitrogen and oxygen atoms in total. The van der Waals surface area contributed by atoms with Gasteiger partial charge in [-0.05, 0) is 38.6 Å². The zero-order valence-corrected chi connectivity index (χ0v) is 13.4. The number of aromatic nitrogens is 2. The van der Waals surface area contributed by atoms with Crippen LogP contribution in [0.5, 0.6) is 0 Å². The van der Waals surface area contributed by atoms with Crippen LogP contribution in [0, 0.1) is 25.7 Å². The molecule has 0 spiro atoms. The third-order valence-corrected chi connectivity index (χ3v) is 3.73. The standard InChI is InChI=1S/C15H28N4O/c1-10(2)6-13(8-16)7-15(20)17-9-14-11(3)18-19(5)12(14)4/h10,13H,6-9,16H2,1-5H3,(H,17,20)/t13-/m0/s1. The number of nitrogens with two attached hydrogens (primary N) is 1. The van der Waals surface area contributed by atoms with Gasteiger partial charge in [0.15, 0.2) is 0 Å². The first-order valence-corrected chi connectivity index (χ1v) is 7.31. The molecular weight excluding hydrogens is 252 g/mol. The summed E-state index contributed by atoms with van der Waals surface area (Å²) in [6, 6.07) is 0. The highest BCUT2D eigenvalue weighted by Gasteiger charge is 2.15. The molecule has 0 fully saturated rings. The van der Waals surface area contributed by atoms with Crippen molar-refractivity contribution in [2.24, 2.45) is 24.6 Å². The van der Waals surface area contributed by atoms with Crippen LogP contribution in [0.1, 0.15) is 43.6 Å². The van der Waals surface area contributed by atoms with Gasteiger partial charge in [0.25, 0.3) is 0 Å². The maximum absolute atomic E-state index is 12.0. The fourth-order valence-corrected chi connectivity index (χ4v) is 2.52. The summed E-state index contributed by atoms with van der Waals surface area (Å²) in [5.74, 6) is 0.911. The topological polar surface area (TPSA) is 72.9 Å². The Labute approximate surface area is 121 Å². The van der Waals surface area contributed by atoms with Gasteiger partial charge in [-0.3, -0.25) is 9.48 Å². The van der Waals surface area contributed by atoms with Crippen molar-refractivity contribution in [1.29, 1.82) is 0 Å². The van der Waals surface area contributed by atoms with Crippen molar-refractivity contribution in [1.82, 2.24) is 15.1 Å². The van der Waals surface area contributed by atoms with Crippen LogP contribution in [-0.4, -0.2) is 22.2 Å². The van der Waals surface area contributed by atoms with E-state index < -0.39 is 0 Å². The molecule has 0 aromatic carbocycles. The van der Waals surface area contributed by atoms with Crippen molar-refractivity contribution in [3.8, 4) is 0 Å². The second kappa shape index (κ2) is 7.43. The second-order valence-electron chi connectivity index (χ2n) is 5.99. The highest BCUT2D eigenvalue weighted by atomic mass is 16.1. The molecule has 1 heterocycles. The van der Waals surface area contributed by atoms with E-state index in [2.05, 4.69) is 24.3 Å². The average molecular weight is 280 g/mol. The molecule has 0 saturated carbocycles. The van der Waals surface area contributed by atoms with Gasteiger partial charge in [-0.2, -0.15) is 5.10 Å². The molecule has 0 bridgehead atoms.